The van der Waals surface area contributed by atoms with Crippen molar-refractivity contribution in [1.29, 1.82) is 0 Å². The summed E-state index contributed by atoms with van der Waals surface area (Å²) >= 11 is 0. The molecule has 0 aliphatic carbocycles. The van der Waals surface area contributed by atoms with Gasteiger partial charge in [0.05, 0.1) is 30.9 Å². The van der Waals surface area contributed by atoms with Gasteiger partial charge in [0.15, 0.2) is 12.6 Å². The lowest BCUT2D eigenvalue weighted by molar-refractivity contribution is -0.355. The lowest BCUT2D eigenvalue weighted by Gasteiger charge is -2.50. The van der Waals surface area contributed by atoms with Crippen molar-refractivity contribution in [2.75, 3.05) is 6.61 Å². The molecule has 0 unspecified atom stereocenters. The zero-order chi connectivity index (χ0) is 29.2. The van der Waals surface area contributed by atoms with Crippen LogP contribution < -0.4 is 0 Å². The van der Waals surface area contributed by atoms with Crippen LogP contribution >= 0.6 is 0 Å². The summed E-state index contributed by atoms with van der Waals surface area (Å²) in [4.78, 5) is 29.0. The molecule has 3 aliphatic rings. The van der Waals surface area contributed by atoms with Crippen molar-refractivity contribution in [3.63, 3.8) is 0 Å². The number of carbonyl (C=O) groups excluding carboxylic acids is 2. The van der Waals surface area contributed by atoms with E-state index in [1.54, 1.807) is 24.3 Å². The van der Waals surface area contributed by atoms with Crippen LogP contribution in [0.4, 0.5) is 0 Å². The number of rotatable bonds is 8. The van der Waals surface area contributed by atoms with E-state index in [0.717, 1.165) is 16.7 Å². The highest BCUT2D eigenvalue weighted by molar-refractivity contribution is 6.21. The minimum Gasteiger partial charge on any atom is -0.368 e. The Kier molecular flexibility index (Phi) is 7.84. The highest BCUT2D eigenvalue weighted by Crippen LogP contribution is 2.40. The molecule has 0 spiro atoms. The molecule has 8 heteroatoms. The van der Waals surface area contributed by atoms with Gasteiger partial charge in [-0.2, -0.15) is 0 Å². The first-order valence-corrected chi connectivity index (χ1v) is 14.4. The Morgan fingerprint density at radius 2 is 1.19 bits per heavy atom. The molecule has 2 saturated heterocycles. The number of nitrogens with zero attached hydrogens (tertiary/aromatic N) is 1. The molecule has 218 valence electrons. The van der Waals surface area contributed by atoms with Crippen LogP contribution in [-0.4, -0.2) is 54.0 Å². The van der Waals surface area contributed by atoms with E-state index in [0.29, 0.717) is 11.1 Å². The van der Waals surface area contributed by atoms with E-state index >= 15 is 0 Å². The Labute approximate surface area is 249 Å². The second kappa shape index (κ2) is 12.2. The molecule has 2 fully saturated rings. The maximum atomic E-state index is 13.9. The number of carbonyl (C=O) groups is 2. The average Bonchev–Trinajstić information content (AvgIpc) is 3.32. The van der Waals surface area contributed by atoms with Gasteiger partial charge in [-0.25, -0.2) is 0 Å². The fourth-order valence-corrected chi connectivity index (χ4v) is 5.94. The Morgan fingerprint density at radius 1 is 0.651 bits per heavy atom. The van der Waals surface area contributed by atoms with E-state index in [1.165, 1.54) is 4.90 Å². The number of hydrogen-bond donors (Lipinski definition) is 0. The monoisotopic (exact) mass is 577 g/mol. The van der Waals surface area contributed by atoms with Crippen molar-refractivity contribution >= 4 is 11.8 Å². The van der Waals surface area contributed by atoms with E-state index in [1.807, 2.05) is 91.0 Å². The molecule has 43 heavy (non-hydrogen) atoms. The second-order valence-electron chi connectivity index (χ2n) is 10.8. The highest BCUT2D eigenvalue weighted by atomic mass is 16.7. The Balaban J connectivity index is 1.26. The molecule has 8 nitrogen and oxygen atoms in total. The van der Waals surface area contributed by atoms with E-state index in [-0.39, 0.29) is 19.8 Å². The summed E-state index contributed by atoms with van der Waals surface area (Å²) in [5, 5.41) is 0. The summed E-state index contributed by atoms with van der Waals surface area (Å²) in [6.07, 6.45) is -3.66. The minimum atomic E-state index is -0.995. The van der Waals surface area contributed by atoms with Crippen LogP contribution in [0.3, 0.4) is 0 Å². The van der Waals surface area contributed by atoms with Crippen molar-refractivity contribution in [1.82, 2.24) is 4.90 Å². The zero-order valence-corrected chi connectivity index (χ0v) is 23.4. The van der Waals surface area contributed by atoms with E-state index < -0.39 is 48.7 Å². The fourth-order valence-electron chi connectivity index (χ4n) is 5.94. The van der Waals surface area contributed by atoms with Crippen molar-refractivity contribution in [2.45, 2.75) is 50.1 Å². The molecule has 6 atom stereocenters. The van der Waals surface area contributed by atoms with Gasteiger partial charge in [0.25, 0.3) is 11.8 Å². The van der Waals surface area contributed by atoms with Crippen molar-refractivity contribution in [3.05, 3.63) is 143 Å². The van der Waals surface area contributed by atoms with Gasteiger partial charge in [-0.3, -0.25) is 14.5 Å². The smallest absolute Gasteiger partial charge is 0.262 e. The maximum Gasteiger partial charge on any atom is 0.262 e. The van der Waals surface area contributed by atoms with Gasteiger partial charge in [-0.1, -0.05) is 103 Å². The summed E-state index contributed by atoms with van der Waals surface area (Å²) < 4.78 is 32.2. The fraction of sp³-hybridized carbons (Fsp3) is 0.257. The van der Waals surface area contributed by atoms with E-state index in [9.17, 15) is 9.59 Å². The first-order chi connectivity index (χ1) is 21.2. The van der Waals surface area contributed by atoms with Gasteiger partial charge in [-0.15, -0.1) is 0 Å². The lowest BCUT2D eigenvalue weighted by atomic mass is 9.94. The van der Waals surface area contributed by atoms with Gasteiger partial charge in [0.2, 0.25) is 0 Å². The quantitative estimate of drug-likeness (QED) is 0.263. The maximum absolute atomic E-state index is 13.9. The third-order valence-electron chi connectivity index (χ3n) is 8.04. The molecule has 2 amide bonds. The second-order valence-corrected chi connectivity index (χ2v) is 10.8. The lowest BCUT2D eigenvalue weighted by Crippen LogP contribution is -2.68. The first kappa shape index (κ1) is 27.6. The summed E-state index contributed by atoms with van der Waals surface area (Å²) in [5.41, 5.74) is 3.40. The van der Waals surface area contributed by atoms with Crippen LogP contribution in [0.2, 0.25) is 0 Å². The molecule has 7 rings (SSSR count). The summed E-state index contributed by atoms with van der Waals surface area (Å²) in [6, 6.07) is 35.0. The van der Waals surface area contributed by atoms with Crippen LogP contribution in [0.5, 0.6) is 0 Å². The molecule has 4 aromatic rings. The Bertz CT molecular complexity index is 1530. The number of imide groups is 1. The van der Waals surface area contributed by atoms with Crippen LogP contribution in [0.15, 0.2) is 115 Å². The van der Waals surface area contributed by atoms with Crippen LogP contribution in [0.1, 0.15) is 43.7 Å². The van der Waals surface area contributed by atoms with Crippen LogP contribution in [0, 0.1) is 0 Å². The van der Waals surface area contributed by atoms with Gasteiger partial charge in [0, 0.05) is 5.56 Å². The predicted molar refractivity (Wildman–Crippen MR) is 156 cm³/mol. The van der Waals surface area contributed by atoms with Crippen molar-refractivity contribution < 1.29 is 33.3 Å². The molecule has 3 heterocycles. The normalized spacial score (nSPS) is 26.7. The molecule has 0 N–H and O–H groups in total. The predicted octanol–water partition coefficient (Wildman–Crippen LogP) is 5.29. The Morgan fingerprint density at radius 3 is 1.79 bits per heavy atom. The van der Waals surface area contributed by atoms with Crippen LogP contribution in [0.25, 0.3) is 0 Å². The minimum absolute atomic E-state index is 0.211. The standard InChI is InChI=1S/C35H31NO7/c37-32-26-18-10-11-19-27(26)33(38)36(32)29-31(39-20-23-12-4-1-5-13-23)30-28(22-41-34(43-30)25-16-8-3-9-17-25)42-35(29)40-21-24-14-6-2-7-15-24/h1-19,28-31,34-35H,20-22H2/t28-,29+,30-,31-,34-,35-/m1/s1. The zero-order valence-electron chi connectivity index (χ0n) is 23.4. The van der Waals surface area contributed by atoms with Crippen molar-refractivity contribution in [3.8, 4) is 0 Å². The molecule has 0 bridgehead atoms. The van der Waals surface area contributed by atoms with E-state index in [4.69, 9.17) is 23.7 Å². The highest BCUT2D eigenvalue weighted by Gasteiger charge is 2.57. The van der Waals surface area contributed by atoms with Gasteiger partial charge in [0.1, 0.15) is 24.4 Å². The van der Waals surface area contributed by atoms with Gasteiger partial charge < -0.3 is 23.7 Å². The topological polar surface area (TPSA) is 83.5 Å². The van der Waals surface area contributed by atoms with E-state index in [2.05, 4.69) is 0 Å². The number of fused-ring (bicyclic) bond motifs is 2. The first-order valence-electron chi connectivity index (χ1n) is 14.4. The van der Waals surface area contributed by atoms with Crippen molar-refractivity contribution in [2.24, 2.45) is 0 Å². The molecule has 0 saturated carbocycles. The average molecular weight is 578 g/mol. The number of amides is 2. The molecule has 3 aliphatic heterocycles. The summed E-state index contributed by atoms with van der Waals surface area (Å²) in [5.74, 6) is -0.832. The Hall–Kier alpha value is -4.18. The third-order valence-corrected chi connectivity index (χ3v) is 8.04. The number of ether oxygens (including phenoxy) is 5. The molecule has 0 aromatic heterocycles. The molecular formula is C35H31NO7. The van der Waals surface area contributed by atoms with Crippen LogP contribution in [-0.2, 0) is 36.9 Å². The van der Waals surface area contributed by atoms with Gasteiger partial charge in [-0.05, 0) is 23.3 Å². The largest absolute Gasteiger partial charge is 0.368 e. The molecule has 0 radical (unpaired) electrons. The molecule has 4 aromatic carbocycles. The molecular weight excluding hydrogens is 546 g/mol. The summed E-state index contributed by atoms with van der Waals surface area (Å²) in [6.45, 7) is 0.664. The number of benzene rings is 4. The summed E-state index contributed by atoms with van der Waals surface area (Å²) in [7, 11) is 0. The third kappa shape index (κ3) is 5.51. The number of hydrogen-bond acceptors (Lipinski definition) is 7. The van der Waals surface area contributed by atoms with Gasteiger partial charge >= 0.3 is 0 Å². The SMILES string of the molecule is O=C1c2ccccc2C(=O)N1[C@@H]1[C@H](OCc2ccccc2)O[C@@H]2CO[C@@H](c3ccccc3)O[C@H]2[C@@H]1OCc1ccccc1.